The Morgan fingerprint density at radius 1 is 1.50 bits per heavy atom. The van der Waals surface area contributed by atoms with E-state index in [2.05, 4.69) is 13.0 Å². The van der Waals surface area contributed by atoms with Crippen LogP contribution in [-0.2, 0) is 6.42 Å². The van der Waals surface area contributed by atoms with Crippen molar-refractivity contribution in [2.24, 2.45) is 0 Å². The smallest absolute Gasteiger partial charge is 0.0992 e. The number of nitrogens with two attached hydrogens (primary N) is 1. The Kier molecular flexibility index (Phi) is 2.14. The van der Waals surface area contributed by atoms with Gasteiger partial charge in [-0.05, 0) is 18.6 Å². The SMILES string of the molecule is CCc1sc2cc(C#N)ccc2c1N. The summed E-state index contributed by atoms with van der Waals surface area (Å²) in [7, 11) is 0. The first-order chi connectivity index (χ1) is 6.76. The second-order valence-corrected chi connectivity index (χ2v) is 4.25. The van der Waals surface area contributed by atoms with Crippen LogP contribution in [0.15, 0.2) is 18.2 Å². The maximum atomic E-state index is 8.75. The summed E-state index contributed by atoms with van der Waals surface area (Å²) >= 11 is 1.68. The van der Waals surface area contributed by atoms with Crippen molar-refractivity contribution in [1.29, 1.82) is 5.26 Å². The van der Waals surface area contributed by atoms with Crippen molar-refractivity contribution in [3.05, 3.63) is 28.6 Å². The van der Waals surface area contributed by atoms with Crippen LogP contribution >= 0.6 is 11.3 Å². The first kappa shape index (κ1) is 9.04. The van der Waals surface area contributed by atoms with E-state index < -0.39 is 0 Å². The molecule has 1 heterocycles. The third-order valence-electron chi connectivity index (χ3n) is 2.26. The average molecular weight is 202 g/mol. The number of nitriles is 1. The Morgan fingerprint density at radius 3 is 2.93 bits per heavy atom. The van der Waals surface area contributed by atoms with E-state index in [1.165, 1.54) is 4.88 Å². The second kappa shape index (κ2) is 3.32. The van der Waals surface area contributed by atoms with E-state index in [-0.39, 0.29) is 0 Å². The molecular weight excluding hydrogens is 192 g/mol. The zero-order valence-corrected chi connectivity index (χ0v) is 8.69. The molecule has 70 valence electrons. The minimum atomic E-state index is 0.696. The number of thiophene rings is 1. The van der Waals surface area contributed by atoms with Crippen LogP contribution in [0, 0.1) is 11.3 Å². The molecule has 0 aliphatic rings. The lowest BCUT2D eigenvalue weighted by atomic mass is 10.1. The summed E-state index contributed by atoms with van der Waals surface area (Å²) in [6.45, 7) is 2.09. The Bertz CT molecular complexity index is 520. The predicted octanol–water partition coefficient (Wildman–Crippen LogP) is 2.92. The molecule has 1 aromatic heterocycles. The van der Waals surface area contributed by atoms with Crippen molar-refractivity contribution >= 4 is 27.1 Å². The highest BCUT2D eigenvalue weighted by molar-refractivity contribution is 7.19. The highest BCUT2D eigenvalue weighted by Crippen LogP contribution is 2.34. The minimum Gasteiger partial charge on any atom is -0.397 e. The van der Waals surface area contributed by atoms with E-state index in [0.29, 0.717) is 5.56 Å². The maximum absolute atomic E-state index is 8.75. The molecule has 0 aliphatic carbocycles. The lowest BCUT2D eigenvalue weighted by Crippen LogP contribution is -1.86. The van der Waals surface area contributed by atoms with Crippen LogP contribution in [0.4, 0.5) is 5.69 Å². The summed E-state index contributed by atoms with van der Waals surface area (Å²) in [6, 6.07) is 7.77. The third kappa shape index (κ3) is 1.24. The van der Waals surface area contributed by atoms with Gasteiger partial charge in [0.15, 0.2) is 0 Å². The van der Waals surface area contributed by atoms with Crippen LogP contribution in [0.3, 0.4) is 0 Å². The molecule has 2 aromatic rings. The van der Waals surface area contributed by atoms with Gasteiger partial charge in [-0.2, -0.15) is 5.26 Å². The zero-order valence-electron chi connectivity index (χ0n) is 7.87. The normalized spacial score (nSPS) is 10.3. The highest BCUT2D eigenvalue weighted by atomic mass is 32.1. The van der Waals surface area contributed by atoms with Gasteiger partial charge in [0.2, 0.25) is 0 Å². The number of benzene rings is 1. The first-order valence-corrected chi connectivity index (χ1v) is 5.29. The summed E-state index contributed by atoms with van der Waals surface area (Å²) in [5, 5.41) is 9.83. The van der Waals surface area contributed by atoms with E-state index >= 15 is 0 Å². The standard InChI is InChI=1S/C11H10N2S/c1-2-9-11(13)8-4-3-7(6-12)5-10(8)14-9/h3-5H,2,13H2,1H3. The van der Waals surface area contributed by atoms with Gasteiger partial charge >= 0.3 is 0 Å². The van der Waals surface area contributed by atoms with Crippen molar-refractivity contribution in [2.75, 3.05) is 5.73 Å². The van der Waals surface area contributed by atoms with Crippen molar-refractivity contribution in [2.45, 2.75) is 13.3 Å². The van der Waals surface area contributed by atoms with Gasteiger partial charge in [0.25, 0.3) is 0 Å². The second-order valence-electron chi connectivity index (χ2n) is 3.12. The van der Waals surface area contributed by atoms with Gasteiger partial charge in [-0.1, -0.05) is 13.0 Å². The van der Waals surface area contributed by atoms with E-state index in [1.807, 2.05) is 18.2 Å². The number of anilines is 1. The Balaban J connectivity index is 2.74. The van der Waals surface area contributed by atoms with Gasteiger partial charge in [0, 0.05) is 15.0 Å². The number of hydrogen-bond donors (Lipinski definition) is 1. The van der Waals surface area contributed by atoms with Crippen molar-refractivity contribution in [3.63, 3.8) is 0 Å². The van der Waals surface area contributed by atoms with E-state index in [4.69, 9.17) is 11.0 Å². The molecule has 1 aromatic carbocycles. The molecule has 3 heteroatoms. The van der Waals surface area contributed by atoms with Gasteiger partial charge in [-0.15, -0.1) is 11.3 Å². The van der Waals surface area contributed by atoms with Crippen LogP contribution in [0.25, 0.3) is 10.1 Å². The van der Waals surface area contributed by atoms with Crippen molar-refractivity contribution < 1.29 is 0 Å². The van der Waals surface area contributed by atoms with Crippen molar-refractivity contribution in [3.8, 4) is 6.07 Å². The quantitative estimate of drug-likeness (QED) is 0.773. The molecule has 0 atom stereocenters. The molecule has 0 radical (unpaired) electrons. The lowest BCUT2D eigenvalue weighted by molar-refractivity contribution is 1.19. The molecular formula is C11H10N2S. The number of fused-ring (bicyclic) bond motifs is 1. The van der Waals surface area contributed by atoms with Gasteiger partial charge in [0.05, 0.1) is 17.3 Å². The number of aryl methyl sites for hydroxylation is 1. The topological polar surface area (TPSA) is 49.8 Å². The molecule has 0 saturated heterocycles. The molecule has 0 bridgehead atoms. The number of nitrogen functional groups attached to an aromatic ring is 1. The Labute approximate surface area is 86.6 Å². The summed E-state index contributed by atoms with van der Waals surface area (Å²) in [4.78, 5) is 1.20. The Hall–Kier alpha value is -1.53. The molecule has 0 amide bonds. The van der Waals surface area contributed by atoms with Crippen LogP contribution in [-0.4, -0.2) is 0 Å². The first-order valence-electron chi connectivity index (χ1n) is 4.47. The summed E-state index contributed by atoms with van der Waals surface area (Å²) < 4.78 is 1.11. The largest absolute Gasteiger partial charge is 0.397 e. The van der Waals surface area contributed by atoms with Crippen LogP contribution in [0.1, 0.15) is 17.4 Å². The molecule has 0 spiro atoms. The molecule has 2 N–H and O–H groups in total. The van der Waals surface area contributed by atoms with Gasteiger partial charge in [-0.25, -0.2) is 0 Å². The molecule has 0 aliphatic heterocycles. The highest BCUT2D eigenvalue weighted by Gasteiger charge is 2.07. The lowest BCUT2D eigenvalue weighted by Gasteiger charge is -1.93. The number of rotatable bonds is 1. The third-order valence-corrected chi connectivity index (χ3v) is 3.57. The van der Waals surface area contributed by atoms with Crippen molar-refractivity contribution in [1.82, 2.24) is 0 Å². The average Bonchev–Trinajstić information content (AvgIpc) is 2.55. The van der Waals surface area contributed by atoms with E-state index in [9.17, 15) is 0 Å². The number of nitrogens with zero attached hydrogens (tertiary/aromatic N) is 1. The van der Waals surface area contributed by atoms with Crippen LogP contribution in [0.5, 0.6) is 0 Å². The maximum Gasteiger partial charge on any atom is 0.0992 e. The summed E-state index contributed by atoms with van der Waals surface area (Å²) in [5.74, 6) is 0. The molecule has 2 rings (SSSR count). The summed E-state index contributed by atoms with van der Waals surface area (Å²) in [5.41, 5.74) is 7.54. The molecule has 0 unspecified atom stereocenters. The zero-order chi connectivity index (χ0) is 10.1. The van der Waals surface area contributed by atoms with Gasteiger partial charge < -0.3 is 5.73 Å². The summed E-state index contributed by atoms with van der Waals surface area (Å²) in [6.07, 6.45) is 0.951. The number of hydrogen-bond acceptors (Lipinski definition) is 3. The van der Waals surface area contributed by atoms with E-state index in [0.717, 1.165) is 22.2 Å². The predicted molar refractivity (Wildman–Crippen MR) is 60.3 cm³/mol. The van der Waals surface area contributed by atoms with E-state index in [1.54, 1.807) is 11.3 Å². The molecule has 0 fully saturated rings. The molecule has 2 nitrogen and oxygen atoms in total. The monoisotopic (exact) mass is 202 g/mol. The van der Waals surface area contributed by atoms with Crippen LogP contribution < -0.4 is 5.73 Å². The fraction of sp³-hybridized carbons (Fsp3) is 0.182. The molecule has 0 saturated carbocycles. The fourth-order valence-electron chi connectivity index (χ4n) is 1.50. The molecule has 14 heavy (non-hydrogen) atoms. The van der Waals surface area contributed by atoms with Gasteiger partial charge in [-0.3, -0.25) is 0 Å². The fourth-order valence-corrected chi connectivity index (χ4v) is 2.60. The van der Waals surface area contributed by atoms with Crippen LogP contribution in [0.2, 0.25) is 0 Å². The minimum absolute atomic E-state index is 0.696. The Morgan fingerprint density at radius 2 is 2.29 bits per heavy atom. The van der Waals surface area contributed by atoms with Gasteiger partial charge in [0.1, 0.15) is 0 Å².